The van der Waals surface area contributed by atoms with Crippen LogP contribution in [0.25, 0.3) is 39.6 Å². The maximum atomic E-state index is 4.95. The quantitative estimate of drug-likeness (QED) is 0.202. The summed E-state index contributed by atoms with van der Waals surface area (Å²) < 4.78 is 1.93. The molecule has 0 N–H and O–H groups in total. The summed E-state index contributed by atoms with van der Waals surface area (Å²) >= 11 is 0. The predicted octanol–water partition coefficient (Wildman–Crippen LogP) is 9.74. The van der Waals surface area contributed by atoms with Gasteiger partial charge >= 0.3 is 0 Å². The Morgan fingerprint density at radius 2 is 0.810 bits per heavy atom. The van der Waals surface area contributed by atoms with Crippen molar-refractivity contribution in [2.75, 3.05) is 4.90 Å². The Kier molecular flexibility index (Phi) is 6.85. The number of hydrogen-bond donors (Lipinski definition) is 0. The lowest BCUT2D eigenvalue weighted by Crippen LogP contribution is -2.10. The van der Waals surface area contributed by atoms with Gasteiger partial charge in [-0.1, -0.05) is 121 Å². The van der Waals surface area contributed by atoms with E-state index >= 15 is 0 Å². The van der Waals surface area contributed by atoms with Crippen LogP contribution in [0.4, 0.5) is 17.1 Å². The van der Waals surface area contributed by atoms with E-state index in [2.05, 4.69) is 114 Å². The molecule has 0 aliphatic carbocycles. The molecule has 1 heterocycles. The van der Waals surface area contributed by atoms with Gasteiger partial charge in [0, 0.05) is 28.2 Å². The molecule has 0 radical (unpaired) electrons. The van der Waals surface area contributed by atoms with Crippen molar-refractivity contribution in [2.45, 2.75) is 0 Å². The van der Waals surface area contributed by atoms with Crippen LogP contribution in [0.3, 0.4) is 0 Å². The third-order valence-electron chi connectivity index (χ3n) is 7.27. The second kappa shape index (κ2) is 11.4. The maximum Gasteiger partial charge on any atom is 0.182 e. The first kappa shape index (κ1) is 25.2. The van der Waals surface area contributed by atoms with Gasteiger partial charge in [0.1, 0.15) is 0 Å². The van der Waals surface area contributed by atoms with Crippen LogP contribution in [0.2, 0.25) is 0 Å². The molecule has 42 heavy (non-hydrogen) atoms. The summed E-state index contributed by atoms with van der Waals surface area (Å²) in [5.41, 5.74) is 8.58. The summed E-state index contributed by atoms with van der Waals surface area (Å²) in [6.45, 7) is 0. The number of para-hydroxylation sites is 1. The molecule has 0 aliphatic rings. The molecule has 6 aromatic carbocycles. The number of hydrogen-bond acceptors (Lipinski definition) is 3. The average Bonchev–Trinajstić information content (AvgIpc) is 3.53. The van der Waals surface area contributed by atoms with Gasteiger partial charge in [0.15, 0.2) is 11.6 Å². The van der Waals surface area contributed by atoms with Gasteiger partial charge in [-0.3, -0.25) is 0 Å². The number of anilines is 3. The Hall–Kier alpha value is -5.74. The smallest absolute Gasteiger partial charge is 0.182 e. The number of aromatic nitrogens is 3. The molecule has 0 bridgehead atoms. The first-order valence-electron chi connectivity index (χ1n) is 14.0. The molecule has 7 aromatic rings. The first-order valence-corrected chi connectivity index (χ1v) is 14.0. The summed E-state index contributed by atoms with van der Waals surface area (Å²) in [5.74, 6) is 1.50. The standard InChI is InChI=1S/C38H28N4/c1-5-13-29(14-6-1)30-21-23-34(24-22-30)41(33-19-11-4-12-20-33)35-25-27-36(28-26-35)42-38(32-17-9-3-10-18-32)39-37(40-42)31-15-7-2-8-16-31/h1-28H. The number of rotatable bonds is 7. The Morgan fingerprint density at radius 3 is 1.38 bits per heavy atom. The molecule has 1 aromatic heterocycles. The van der Waals surface area contributed by atoms with E-state index in [0.29, 0.717) is 5.82 Å². The minimum atomic E-state index is 0.697. The minimum absolute atomic E-state index is 0.697. The maximum absolute atomic E-state index is 4.95. The highest BCUT2D eigenvalue weighted by atomic mass is 15.4. The molecular formula is C38H28N4. The zero-order valence-corrected chi connectivity index (χ0v) is 23.0. The fourth-order valence-corrected chi connectivity index (χ4v) is 5.18. The topological polar surface area (TPSA) is 34.0 Å². The second-order valence-electron chi connectivity index (χ2n) is 10.0. The Morgan fingerprint density at radius 1 is 0.381 bits per heavy atom. The van der Waals surface area contributed by atoms with E-state index in [4.69, 9.17) is 10.1 Å². The Labute approximate surface area is 245 Å². The lowest BCUT2D eigenvalue weighted by molar-refractivity contribution is 0.890. The molecule has 0 aliphatic heterocycles. The van der Waals surface area contributed by atoms with E-state index in [0.717, 1.165) is 39.7 Å². The predicted molar refractivity (Wildman–Crippen MR) is 172 cm³/mol. The highest BCUT2D eigenvalue weighted by Crippen LogP contribution is 2.36. The van der Waals surface area contributed by atoms with Gasteiger partial charge in [0.2, 0.25) is 0 Å². The Balaban J connectivity index is 1.28. The molecule has 0 spiro atoms. The van der Waals surface area contributed by atoms with E-state index in [1.165, 1.54) is 11.1 Å². The van der Waals surface area contributed by atoms with Gasteiger partial charge in [-0.05, 0) is 59.7 Å². The zero-order chi connectivity index (χ0) is 28.1. The van der Waals surface area contributed by atoms with Crippen LogP contribution in [-0.4, -0.2) is 14.8 Å². The van der Waals surface area contributed by atoms with Gasteiger partial charge in [-0.15, -0.1) is 5.10 Å². The second-order valence-corrected chi connectivity index (χ2v) is 10.0. The highest BCUT2D eigenvalue weighted by Gasteiger charge is 2.17. The van der Waals surface area contributed by atoms with Crippen molar-refractivity contribution >= 4 is 17.1 Å². The summed E-state index contributed by atoms with van der Waals surface area (Å²) in [4.78, 5) is 7.23. The number of benzene rings is 6. The van der Waals surface area contributed by atoms with Crippen LogP contribution < -0.4 is 4.90 Å². The lowest BCUT2D eigenvalue weighted by atomic mass is 10.0. The van der Waals surface area contributed by atoms with Crippen LogP contribution in [0.5, 0.6) is 0 Å². The zero-order valence-electron chi connectivity index (χ0n) is 23.0. The SMILES string of the molecule is c1ccc(-c2ccc(N(c3ccccc3)c3ccc(-n4nc(-c5ccccc5)nc4-c4ccccc4)cc3)cc2)cc1. The summed E-state index contributed by atoms with van der Waals surface area (Å²) in [7, 11) is 0. The molecule has 0 amide bonds. The van der Waals surface area contributed by atoms with Gasteiger partial charge in [-0.2, -0.15) is 0 Å². The summed E-state index contributed by atoms with van der Waals surface area (Å²) in [6.07, 6.45) is 0. The van der Waals surface area contributed by atoms with Crippen molar-refractivity contribution in [2.24, 2.45) is 0 Å². The molecule has 200 valence electrons. The fourth-order valence-electron chi connectivity index (χ4n) is 5.18. The van der Waals surface area contributed by atoms with Crippen molar-refractivity contribution < 1.29 is 0 Å². The lowest BCUT2D eigenvalue weighted by Gasteiger charge is -2.26. The van der Waals surface area contributed by atoms with Crippen molar-refractivity contribution in [3.8, 4) is 39.6 Å². The van der Waals surface area contributed by atoms with E-state index in [1.807, 2.05) is 65.3 Å². The van der Waals surface area contributed by atoms with Crippen molar-refractivity contribution in [3.05, 3.63) is 170 Å². The Bertz CT molecular complexity index is 1880. The van der Waals surface area contributed by atoms with E-state index in [9.17, 15) is 0 Å². The minimum Gasteiger partial charge on any atom is -0.311 e. The monoisotopic (exact) mass is 540 g/mol. The molecule has 4 nitrogen and oxygen atoms in total. The first-order chi connectivity index (χ1) is 20.8. The van der Waals surface area contributed by atoms with Crippen LogP contribution >= 0.6 is 0 Å². The van der Waals surface area contributed by atoms with E-state index in [1.54, 1.807) is 0 Å². The van der Waals surface area contributed by atoms with Gasteiger partial charge in [0.05, 0.1) is 5.69 Å². The molecule has 0 fully saturated rings. The molecular weight excluding hydrogens is 512 g/mol. The van der Waals surface area contributed by atoms with Crippen LogP contribution in [-0.2, 0) is 0 Å². The third-order valence-corrected chi connectivity index (χ3v) is 7.27. The highest BCUT2D eigenvalue weighted by molar-refractivity contribution is 5.78. The normalized spacial score (nSPS) is 10.9. The van der Waals surface area contributed by atoms with E-state index in [-0.39, 0.29) is 0 Å². The van der Waals surface area contributed by atoms with E-state index < -0.39 is 0 Å². The van der Waals surface area contributed by atoms with Crippen molar-refractivity contribution in [3.63, 3.8) is 0 Å². The molecule has 0 saturated heterocycles. The average molecular weight is 541 g/mol. The molecule has 0 atom stereocenters. The third kappa shape index (κ3) is 5.09. The van der Waals surface area contributed by atoms with Crippen molar-refractivity contribution in [1.82, 2.24) is 14.8 Å². The van der Waals surface area contributed by atoms with Gasteiger partial charge in [0.25, 0.3) is 0 Å². The molecule has 0 saturated carbocycles. The van der Waals surface area contributed by atoms with Crippen LogP contribution in [0, 0.1) is 0 Å². The molecule has 4 heteroatoms. The van der Waals surface area contributed by atoms with Gasteiger partial charge in [-0.25, -0.2) is 9.67 Å². The largest absolute Gasteiger partial charge is 0.311 e. The van der Waals surface area contributed by atoms with Crippen LogP contribution in [0.1, 0.15) is 0 Å². The van der Waals surface area contributed by atoms with Crippen molar-refractivity contribution in [1.29, 1.82) is 0 Å². The summed E-state index contributed by atoms with van der Waals surface area (Å²) in [6, 6.07) is 58.5. The van der Waals surface area contributed by atoms with Gasteiger partial charge < -0.3 is 4.90 Å². The molecule has 0 unspecified atom stereocenters. The summed E-state index contributed by atoms with van der Waals surface area (Å²) in [5, 5.41) is 4.95. The molecule has 7 rings (SSSR count). The number of nitrogens with zero attached hydrogens (tertiary/aromatic N) is 4. The fraction of sp³-hybridized carbons (Fsp3) is 0. The van der Waals surface area contributed by atoms with Crippen LogP contribution in [0.15, 0.2) is 170 Å².